The molecule has 0 aliphatic rings. The zero-order chi connectivity index (χ0) is 23.1. The molecule has 0 saturated heterocycles. The van der Waals surface area contributed by atoms with E-state index in [0.717, 1.165) is 0 Å². The van der Waals surface area contributed by atoms with E-state index < -0.39 is 17.7 Å². The molecule has 0 aromatic heterocycles. The van der Waals surface area contributed by atoms with Crippen molar-refractivity contribution in [2.45, 2.75) is 13.0 Å². The number of methoxy groups -OCH3 is 4. The van der Waals surface area contributed by atoms with Gasteiger partial charge in [-0.2, -0.15) is 10.2 Å². The molecule has 0 saturated carbocycles. The Hall–Kier alpha value is -3.04. The van der Waals surface area contributed by atoms with Gasteiger partial charge in [0.1, 0.15) is 17.2 Å². The first kappa shape index (κ1) is 24.2. The molecule has 1 N–H and O–H groups in total. The first-order chi connectivity index (χ1) is 14.8. The number of nitrogens with zero attached hydrogens (tertiary/aromatic N) is 2. The lowest BCUT2D eigenvalue weighted by molar-refractivity contribution is -0.126. The zero-order valence-electron chi connectivity index (χ0n) is 17.5. The molecule has 31 heavy (non-hydrogen) atoms. The number of amides is 1. The summed E-state index contributed by atoms with van der Waals surface area (Å²) in [6.07, 6.45) is 0. The van der Waals surface area contributed by atoms with Gasteiger partial charge in [-0.25, -0.2) is 0 Å². The van der Waals surface area contributed by atoms with E-state index in [2.05, 4.69) is 15.5 Å². The number of nitrogens with one attached hydrogen (secondary N) is 1. The van der Waals surface area contributed by atoms with Gasteiger partial charge in [-0.3, -0.25) is 9.59 Å². The van der Waals surface area contributed by atoms with E-state index in [9.17, 15) is 9.59 Å². The third kappa shape index (κ3) is 5.56. The summed E-state index contributed by atoms with van der Waals surface area (Å²) in [4.78, 5) is 24.9. The summed E-state index contributed by atoms with van der Waals surface area (Å²) >= 11 is 12.1. The molecular weight excluding hydrogens is 449 g/mol. The molecule has 2 aromatic rings. The number of hydrogen-bond acceptors (Lipinski definition) is 8. The Balaban J connectivity index is 2.36. The van der Waals surface area contributed by atoms with Crippen LogP contribution in [0.25, 0.3) is 0 Å². The van der Waals surface area contributed by atoms with E-state index in [4.69, 9.17) is 42.1 Å². The van der Waals surface area contributed by atoms with Crippen molar-refractivity contribution in [3.05, 3.63) is 34.3 Å². The molecule has 1 atom stereocenters. The number of halogens is 2. The number of ketones is 1. The SMILES string of the molecule is COc1cc(N=NC(C(C)=O)C(=O)Nc2ccc(Cl)c(OC)c2OC)c(OC)cc1Cl. The number of azo groups is 1. The minimum absolute atomic E-state index is 0.201. The molecular formula is C20H21Cl2N3O6. The van der Waals surface area contributed by atoms with Crippen LogP contribution in [0.3, 0.4) is 0 Å². The Kier molecular flexibility index (Phi) is 8.47. The van der Waals surface area contributed by atoms with Gasteiger partial charge in [0.25, 0.3) is 5.91 Å². The fourth-order valence-electron chi connectivity index (χ4n) is 2.59. The quantitative estimate of drug-likeness (QED) is 0.420. The molecule has 0 spiro atoms. The molecule has 2 rings (SSSR count). The second-order valence-electron chi connectivity index (χ2n) is 6.04. The van der Waals surface area contributed by atoms with Crippen LogP contribution in [0.15, 0.2) is 34.5 Å². The molecule has 0 bridgehead atoms. The van der Waals surface area contributed by atoms with Crippen molar-refractivity contribution in [2.24, 2.45) is 10.2 Å². The number of ether oxygens (including phenoxy) is 4. The summed E-state index contributed by atoms with van der Waals surface area (Å²) in [7, 11) is 5.67. The molecule has 9 nitrogen and oxygen atoms in total. The van der Waals surface area contributed by atoms with E-state index in [1.807, 2.05) is 0 Å². The molecule has 0 aliphatic heterocycles. The number of hydrogen-bond donors (Lipinski definition) is 1. The largest absolute Gasteiger partial charge is 0.495 e. The maximum atomic E-state index is 12.8. The monoisotopic (exact) mass is 469 g/mol. The van der Waals surface area contributed by atoms with Crippen LogP contribution in [0.2, 0.25) is 10.0 Å². The average molecular weight is 470 g/mol. The number of benzene rings is 2. The molecule has 2 aromatic carbocycles. The normalized spacial score (nSPS) is 11.7. The lowest BCUT2D eigenvalue weighted by atomic mass is 10.2. The van der Waals surface area contributed by atoms with E-state index in [1.54, 1.807) is 0 Å². The van der Waals surface area contributed by atoms with Gasteiger partial charge in [-0.05, 0) is 19.1 Å². The lowest BCUT2D eigenvalue weighted by Gasteiger charge is -2.16. The number of carbonyl (C=O) groups excluding carboxylic acids is 2. The van der Waals surface area contributed by atoms with E-state index in [-0.39, 0.29) is 22.9 Å². The highest BCUT2D eigenvalue weighted by atomic mass is 35.5. The molecule has 1 unspecified atom stereocenters. The van der Waals surface area contributed by atoms with E-state index >= 15 is 0 Å². The Morgan fingerprint density at radius 2 is 1.55 bits per heavy atom. The highest BCUT2D eigenvalue weighted by Gasteiger charge is 2.26. The van der Waals surface area contributed by atoms with Crippen LogP contribution in [-0.2, 0) is 9.59 Å². The standard InChI is InChI=1S/C20H21Cl2N3O6/c1-10(26)17(25-24-14-9-15(28-2)12(22)8-16(14)29-3)20(27)23-13-7-6-11(21)18(30-4)19(13)31-5/h6-9,17H,1-5H3,(H,23,27). The third-order valence-corrected chi connectivity index (χ3v) is 4.69. The predicted molar refractivity (Wildman–Crippen MR) is 117 cm³/mol. The van der Waals surface area contributed by atoms with Crippen molar-refractivity contribution in [1.82, 2.24) is 0 Å². The lowest BCUT2D eigenvalue weighted by Crippen LogP contribution is -2.32. The van der Waals surface area contributed by atoms with Gasteiger partial charge in [0.05, 0.1) is 44.2 Å². The van der Waals surface area contributed by atoms with Gasteiger partial charge < -0.3 is 24.3 Å². The fourth-order valence-corrected chi connectivity index (χ4v) is 3.05. The molecule has 11 heteroatoms. The van der Waals surface area contributed by atoms with E-state index in [0.29, 0.717) is 21.5 Å². The van der Waals surface area contributed by atoms with Crippen LogP contribution in [0.1, 0.15) is 6.92 Å². The summed E-state index contributed by atoms with van der Waals surface area (Å²) in [5.74, 6) is -0.188. The second kappa shape index (κ2) is 10.8. The number of carbonyl (C=O) groups is 2. The summed E-state index contributed by atoms with van der Waals surface area (Å²) in [5, 5.41) is 11.1. The van der Waals surface area contributed by atoms with Gasteiger partial charge in [-0.1, -0.05) is 23.2 Å². The third-order valence-electron chi connectivity index (χ3n) is 4.10. The van der Waals surface area contributed by atoms with Gasteiger partial charge >= 0.3 is 0 Å². The first-order valence-corrected chi connectivity index (χ1v) is 9.57. The maximum absolute atomic E-state index is 12.8. The second-order valence-corrected chi connectivity index (χ2v) is 6.85. The fraction of sp³-hybridized carbons (Fsp3) is 0.300. The maximum Gasteiger partial charge on any atom is 0.258 e. The van der Waals surface area contributed by atoms with Gasteiger partial charge in [0.15, 0.2) is 17.3 Å². The molecule has 0 aliphatic carbocycles. The van der Waals surface area contributed by atoms with Crippen molar-refractivity contribution in [1.29, 1.82) is 0 Å². The van der Waals surface area contributed by atoms with E-state index in [1.165, 1.54) is 59.6 Å². The highest BCUT2D eigenvalue weighted by Crippen LogP contribution is 2.41. The molecule has 166 valence electrons. The average Bonchev–Trinajstić information content (AvgIpc) is 2.74. The van der Waals surface area contributed by atoms with Crippen LogP contribution in [0.5, 0.6) is 23.0 Å². The van der Waals surface area contributed by atoms with Crippen molar-refractivity contribution < 1.29 is 28.5 Å². The topological polar surface area (TPSA) is 108 Å². The number of rotatable bonds is 9. The highest BCUT2D eigenvalue weighted by molar-refractivity contribution is 6.32. The Labute approximate surface area is 189 Å². The van der Waals surface area contributed by atoms with Crippen molar-refractivity contribution in [3.8, 4) is 23.0 Å². The Morgan fingerprint density at radius 1 is 0.903 bits per heavy atom. The first-order valence-electron chi connectivity index (χ1n) is 8.81. The van der Waals surface area contributed by atoms with Gasteiger partial charge in [0, 0.05) is 12.1 Å². The minimum Gasteiger partial charge on any atom is -0.495 e. The summed E-state index contributed by atoms with van der Waals surface area (Å²) in [6, 6.07) is 4.57. The molecule has 0 fully saturated rings. The predicted octanol–water partition coefficient (Wildman–Crippen LogP) is 4.71. The zero-order valence-corrected chi connectivity index (χ0v) is 19.0. The van der Waals surface area contributed by atoms with Crippen LogP contribution < -0.4 is 24.3 Å². The molecule has 0 radical (unpaired) electrons. The van der Waals surface area contributed by atoms with Crippen molar-refractivity contribution in [3.63, 3.8) is 0 Å². The van der Waals surface area contributed by atoms with Crippen LogP contribution in [0.4, 0.5) is 11.4 Å². The van der Waals surface area contributed by atoms with Gasteiger partial charge in [0.2, 0.25) is 6.04 Å². The number of Topliss-reactive ketones (excluding diaryl/α,β-unsaturated/α-hetero) is 1. The van der Waals surface area contributed by atoms with Crippen molar-refractivity contribution in [2.75, 3.05) is 33.8 Å². The minimum atomic E-state index is -1.43. The summed E-state index contributed by atoms with van der Waals surface area (Å²) < 4.78 is 20.9. The Morgan fingerprint density at radius 3 is 2.10 bits per heavy atom. The van der Waals surface area contributed by atoms with Gasteiger partial charge in [-0.15, -0.1) is 0 Å². The van der Waals surface area contributed by atoms with Crippen LogP contribution in [-0.4, -0.2) is 46.2 Å². The van der Waals surface area contributed by atoms with Crippen LogP contribution in [0, 0.1) is 0 Å². The van der Waals surface area contributed by atoms with Crippen LogP contribution >= 0.6 is 23.2 Å². The molecule has 0 heterocycles. The smallest absolute Gasteiger partial charge is 0.258 e. The van der Waals surface area contributed by atoms with Crippen molar-refractivity contribution >= 4 is 46.3 Å². The Bertz CT molecular complexity index is 1010. The number of anilines is 1. The summed E-state index contributed by atoms with van der Waals surface area (Å²) in [6.45, 7) is 1.22. The summed E-state index contributed by atoms with van der Waals surface area (Å²) in [5.41, 5.74) is 0.481. The molecule has 1 amide bonds.